The lowest BCUT2D eigenvalue weighted by Crippen LogP contribution is -2.18. The molecule has 0 bridgehead atoms. The number of nitrogens with one attached hydrogen (secondary N) is 1. The fourth-order valence-electron chi connectivity index (χ4n) is 1.94. The molecule has 0 fully saturated rings. The van der Waals surface area contributed by atoms with Gasteiger partial charge in [0.05, 0.1) is 24.2 Å². The van der Waals surface area contributed by atoms with Gasteiger partial charge in [-0.05, 0) is 17.7 Å². The standard InChI is InChI=1S/C15H17FN4O/c1-21-5-4-18-8-14-10-20(11-19-14)9-12-2-3-15(16)13(6-12)7-17/h2-3,6,10-11,18H,4-5,8-9H2,1H3. The highest BCUT2D eigenvalue weighted by Gasteiger charge is 2.04. The average molecular weight is 288 g/mol. The molecule has 1 aromatic heterocycles. The third-order valence-electron chi connectivity index (χ3n) is 2.99. The molecule has 5 nitrogen and oxygen atoms in total. The van der Waals surface area contributed by atoms with Crippen LogP contribution in [0.3, 0.4) is 0 Å². The van der Waals surface area contributed by atoms with Crippen LogP contribution in [0.1, 0.15) is 16.8 Å². The average Bonchev–Trinajstić information content (AvgIpc) is 2.93. The van der Waals surface area contributed by atoms with E-state index in [1.54, 1.807) is 25.6 Å². The Morgan fingerprint density at radius 2 is 2.33 bits per heavy atom. The normalized spacial score (nSPS) is 10.5. The summed E-state index contributed by atoms with van der Waals surface area (Å²) in [5.41, 5.74) is 1.85. The molecule has 0 atom stereocenters. The van der Waals surface area contributed by atoms with E-state index in [4.69, 9.17) is 10.00 Å². The van der Waals surface area contributed by atoms with Crippen LogP contribution in [0.2, 0.25) is 0 Å². The summed E-state index contributed by atoms with van der Waals surface area (Å²) in [6.45, 7) is 2.66. The Balaban J connectivity index is 1.94. The van der Waals surface area contributed by atoms with Crippen LogP contribution in [-0.4, -0.2) is 29.8 Å². The van der Waals surface area contributed by atoms with Crippen molar-refractivity contribution in [3.8, 4) is 6.07 Å². The third kappa shape index (κ3) is 4.38. The van der Waals surface area contributed by atoms with E-state index in [1.165, 1.54) is 6.07 Å². The molecule has 0 aliphatic rings. The Morgan fingerprint density at radius 1 is 1.48 bits per heavy atom. The molecule has 0 amide bonds. The van der Waals surface area contributed by atoms with Crippen molar-refractivity contribution in [1.82, 2.24) is 14.9 Å². The van der Waals surface area contributed by atoms with Gasteiger partial charge in [-0.25, -0.2) is 9.37 Å². The number of ether oxygens (including phenoxy) is 1. The zero-order valence-corrected chi connectivity index (χ0v) is 11.8. The fraction of sp³-hybridized carbons (Fsp3) is 0.333. The highest BCUT2D eigenvalue weighted by molar-refractivity contribution is 5.34. The predicted molar refractivity (Wildman–Crippen MR) is 76.0 cm³/mol. The van der Waals surface area contributed by atoms with E-state index in [0.29, 0.717) is 19.7 Å². The van der Waals surface area contributed by atoms with E-state index in [1.807, 2.05) is 16.8 Å². The van der Waals surface area contributed by atoms with Gasteiger partial charge in [0.15, 0.2) is 0 Å². The van der Waals surface area contributed by atoms with Crippen LogP contribution in [0.4, 0.5) is 4.39 Å². The van der Waals surface area contributed by atoms with Gasteiger partial charge in [-0.3, -0.25) is 0 Å². The predicted octanol–water partition coefficient (Wildman–Crippen LogP) is 1.68. The summed E-state index contributed by atoms with van der Waals surface area (Å²) >= 11 is 0. The molecule has 1 heterocycles. The van der Waals surface area contributed by atoms with Gasteiger partial charge in [0, 0.05) is 32.9 Å². The molecule has 0 aliphatic carbocycles. The van der Waals surface area contributed by atoms with Gasteiger partial charge in [-0.1, -0.05) is 6.07 Å². The Kier molecular flexibility index (Phi) is 5.43. The Morgan fingerprint density at radius 3 is 3.10 bits per heavy atom. The van der Waals surface area contributed by atoms with E-state index in [0.717, 1.165) is 17.8 Å². The summed E-state index contributed by atoms with van der Waals surface area (Å²) in [6, 6.07) is 6.40. The van der Waals surface area contributed by atoms with Crippen molar-refractivity contribution in [2.45, 2.75) is 13.1 Å². The number of hydrogen-bond donors (Lipinski definition) is 1. The Hall–Kier alpha value is -2.23. The quantitative estimate of drug-likeness (QED) is 0.787. The number of aromatic nitrogens is 2. The summed E-state index contributed by atoms with van der Waals surface area (Å²) in [6.07, 6.45) is 3.65. The minimum absolute atomic E-state index is 0.0640. The Labute approximate surface area is 123 Å². The molecule has 0 saturated carbocycles. The minimum atomic E-state index is -0.491. The van der Waals surface area contributed by atoms with Gasteiger partial charge >= 0.3 is 0 Å². The van der Waals surface area contributed by atoms with Crippen LogP contribution in [0.15, 0.2) is 30.7 Å². The number of halogens is 1. The molecule has 2 rings (SSSR count). The first kappa shape index (κ1) is 15.2. The maximum absolute atomic E-state index is 13.3. The molecule has 1 aromatic carbocycles. The number of benzene rings is 1. The number of hydrogen-bond acceptors (Lipinski definition) is 4. The van der Waals surface area contributed by atoms with E-state index < -0.39 is 5.82 Å². The zero-order chi connectivity index (χ0) is 15.1. The lowest BCUT2D eigenvalue weighted by Gasteiger charge is -2.04. The van der Waals surface area contributed by atoms with Crippen LogP contribution in [-0.2, 0) is 17.8 Å². The molecular formula is C15H17FN4O. The van der Waals surface area contributed by atoms with Crippen molar-refractivity contribution < 1.29 is 9.13 Å². The lowest BCUT2D eigenvalue weighted by atomic mass is 10.1. The molecular weight excluding hydrogens is 271 g/mol. The maximum Gasteiger partial charge on any atom is 0.140 e. The van der Waals surface area contributed by atoms with Crippen molar-refractivity contribution in [1.29, 1.82) is 5.26 Å². The van der Waals surface area contributed by atoms with Crippen LogP contribution >= 0.6 is 0 Å². The largest absolute Gasteiger partial charge is 0.383 e. The second-order valence-electron chi connectivity index (χ2n) is 4.63. The highest BCUT2D eigenvalue weighted by Crippen LogP contribution is 2.11. The minimum Gasteiger partial charge on any atom is -0.383 e. The van der Waals surface area contributed by atoms with Crippen LogP contribution in [0, 0.1) is 17.1 Å². The SMILES string of the molecule is COCCNCc1cn(Cc2ccc(F)c(C#N)c2)cn1. The van der Waals surface area contributed by atoms with Crippen molar-refractivity contribution in [3.63, 3.8) is 0 Å². The van der Waals surface area contributed by atoms with E-state index in [2.05, 4.69) is 10.3 Å². The summed E-state index contributed by atoms with van der Waals surface area (Å²) in [5, 5.41) is 12.0. The second-order valence-corrected chi connectivity index (χ2v) is 4.63. The Bertz CT molecular complexity index is 633. The second kappa shape index (κ2) is 7.53. The molecule has 0 unspecified atom stereocenters. The molecule has 0 aliphatic heterocycles. The van der Waals surface area contributed by atoms with Crippen molar-refractivity contribution >= 4 is 0 Å². The molecule has 2 aromatic rings. The molecule has 21 heavy (non-hydrogen) atoms. The van der Waals surface area contributed by atoms with E-state index in [-0.39, 0.29) is 5.56 Å². The van der Waals surface area contributed by atoms with Crippen LogP contribution < -0.4 is 5.32 Å². The first-order chi connectivity index (χ1) is 10.2. The first-order valence-electron chi connectivity index (χ1n) is 6.61. The van der Waals surface area contributed by atoms with Crippen molar-refractivity contribution in [2.75, 3.05) is 20.3 Å². The van der Waals surface area contributed by atoms with E-state index in [9.17, 15) is 4.39 Å². The first-order valence-corrected chi connectivity index (χ1v) is 6.61. The van der Waals surface area contributed by atoms with Crippen molar-refractivity contribution in [2.24, 2.45) is 0 Å². The molecule has 110 valence electrons. The molecule has 0 saturated heterocycles. The molecule has 0 spiro atoms. The summed E-state index contributed by atoms with van der Waals surface area (Å²) < 4.78 is 20.1. The van der Waals surface area contributed by atoms with Gasteiger partial charge < -0.3 is 14.6 Å². The highest BCUT2D eigenvalue weighted by atomic mass is 19.1. The lowest BCUT2D eigenvalue weighted by molar-refractivity contribution is 0.199. The summed E-state index contributed by atoms with van der Waals surface area (Å²) in [7, 11) is 1.66. The topological polar surface area (TPSA) is 62.9 Å². The number of imidazole rings is 1. The molecule has 1 N–H and O–H groups in total. The smallest absolute Gasteiger partial charge is 0.140 e. The van der Waals surface area contributed by atoms with Gasteiger partial charge in [-0.15, -0.1) is 0 Å². The number of nitriles is 1. The van der Waals surface area contributed by atoms with Gasteiger partial charge in [0.2, 0.25) is 0 Å². The van der Waals surface area contributed by atoms with Crippen molar-refractivity contribution in [3.05, 3.63) is 53.4 Å². The molecule has 6 heteroatoms. The van der Waals surface area contributed by atoms with E-state index >= 15 is 0 Å². The maximum atomic E-state index is 13.3. The molecule has 0 radical (unpaired) electrons. The van der Waals surface area contributed by atoms with Gasteiger partial charge in [0.25, 0.3) is 0 Å². The summed E-state index contributed by atoms with van der Waals surface area (Å²) in [4.78, 5) is 4.29. The number of rotatable bonds is 7. The monoisotopic (exact) mass is 288 g/mol. The van der Waals surface area contributed by atoms with Gasteiger partial charge in [0.1, 0.15) is 11.9 Å². The zero-order valence-electron chi connectivity index (χ0n) is 11.8. The van der Waals surface area contributed by atoms with Gasteiger partial charge in [-0.2, -0.15) is 5.26 Å². The van der Waals surface area contributed by atoms with Crippen LogP contribution in [0.5, 0.6) is 0 Å². The number of methoxy groups -OCH3 is 1. The third-order valence-corrected chi connectivity index (χ3v) is 2.99. The fourth-order valence-corrected chi connectivity index (χ4v) is 1.94. The number of nitrogens with zero attached hydrogens (tertiary/aromatic N) is 3. The van der Waals surface area contributed by atoms with Crippen LogP contribution in [0.25, 0.3) is 0 Å². The summed E-state index contributed by atoms with van der Waals surface area (Å²) in [5.74, 6) is -0.491.